The van der Waals surface area contributed by atoms with Crippen molar-refractivity contribution in [3.8, 4) is 0 Å². The Hall–Kier alpha value is -1.25. The number of rotatable bonds is 4. The molecule has 1 amide bonds. The molecule has 0 aromatic carbocycles. The molecule has 1 aliphatic heterocycles. The van der Waals surface area contributed by atoms with Crippen molar-refractivity contribution in [2.24, 2.45) is 0 Å². The first-order valence-corrected chi connectivity index (χ1v) is 8.71. The zero-order valence-electron chi connectivity index (χ0n) is 11.2. The number of thiazole rings is 1. The third-order valence-corrected chi connectivity index (χ3v) is 5.22. The lowest BCUT2D eigenvalue weighted by molar-refractivity contribution is -0.114. The van der Waals surface area contributed by atoms with E-state index in [1.165, 1.54) is 27.8 Å². The Balaban J connectivity index is 1.94. The van der Waals surface area contributed by atoms with Crippen LogP contribution in [-0.4, -0.2) is 36.7 Å². The maximum Gasteiger partial charge on any atom is 0.304 e. The Morgan fingerprint density at radius 2 is 2.10 bits per heavy atom. The molecule has 1 aliphatic rings. The normalized spacial score (nSPS) is 17.4. The lowest BCUT2D eigenvalue weighted by Crippen LogP contribution is -2.45. The van der Waals surface area contributed by atoms with Crippen LogP contribution in [0.25, 0.3) is 6.08 Å². The van der Waals surface area contributed by atoms with Crippen molar-refractivity contribution in [2.75, 3.05) is 13.1 Å². The lowest BCUT2D eigenvalue weighted by atomic mass is 10.2. The van der Waals surface area contributed by atoms with Gasteiger partial charge in [0.2, 0.25) is 0 Å². The largest absolute Gasteiger partial charge is 0.304 e. The van der Waals surface area contributed by atoms with E-state index in [-0.39, 0.29) is 0 Å². The molecule has 2 heterocycles. The maximum absolute atomic E-state index is 12.0. The highest BCUT2D eigenvalue weighted by molar-refractivity contribution is 7.87. The van der Waals surface area contributed by atoms with Gasteiger partial charge >= 0.3 is 10.2 Å². The van der Waals surface area contributed by atoms with Crippen LogP contribution in [0, 0.1) is 6.92 Å². The first kappa shape index (κ1) is 15.1. The summed E-state index contributed by atoms with van der Waals surface area (Å²) in [7, 11) is -3.72. The summed E-state index contributed by atoms with van der Waals surface area (Å²) in [6, 6.07) is 0. The Labute approximate surface area is 122 Å². The van der Waals surface area contributed by atoms with Crippen LogP contribution in [0.3, 0.4) is 0 Å². The van der Waals surface area contributed by atoms with Crippen LogP contribution in [0.5, 0.6) is 0 Å². The number of nitrogens with zero attached hydrogens (tertiary/aromatic N) is 2. The Morgan fingerprint density at radius 3 is 2.70 bits per heavy atom. The number of hydrogen-bond donors (Lipinski definition) is 1. The molecule has 1 aromatic heterocycles. The van der Waals surface area contributed by atoms with Crippen molar-refractivity contribution in [2.45, 2.75) is 26.2 Å². The SMILES string of the molecule is Cc1nc(C=CC(=O)NS(=O)(=O)N2CCCCC2)cs1. The van der Waals surface area contributed by atoms with Gasteiger partial charge in [-0.1, -0.05) is 6.42 Å². The molecule has 8 heteroatoms. The van der Waals surface area contributed by atoms with Crippen LogP contribution in [0.15, 0.2) is 11.5 Å². The molecule has 1 aromatic rings. The van der Waals surface area contributed by atoms with Crippen molar-refractivity contribution in [3.05, 3.63) is 22.2 Å². The summed E-state index contributed by atoms with van der Waals surface area (Å²) < 4.78 is 27.3. The monoisotopic (exact) mass is 315 g/mol. The van der Waals surface area contributed by atoms with Crippen molar-refractivity contribution in [1.29, 1.82) is 0 Å². The predicted octanol–water partition coefficient (Wildman–Crippen LogP) is 1.31. The summed E-state index contributed by atoms with van der Waals surface area (Å²) in [5.41, 5.74) is 0.651. The number of aryl methyl sites for hydroxylation is 1. The highest BCUT2D eigenvalue weighted by Crippen LogP contribution is 2.12. The number of nitrogens with one attached hydrogen (secondary N) is 1. The average molecular weight is 315 g/mol. The van der Waals surface area contributed by atoms with Gasteiger partial charge in [0.1, 0.15) is 0 Å². The van der Waals surface area contributed by atoms with Gasteiger partial charge in [-0.05, 0) is 25.8 Å². The molecule has 20 heavy (non-hydrogen) atoms. The fraction of sp³-hybridized carbons (Fsp3) is 0.500. The summed E-state index contributed by atoms with van der Waals surface area (Å²) in [5.74, 6) is -0.652. The van der Waals surface area contributed by atoms with Gasteiger partial charge in [0.25, 0.3) is 5.91 Å². The van der Waals surface area contributed by atoms with E-state index in [2.05, 4.69) is 9.71 Å². The second-order valence-corrected chi connectivity index (χ2v) is 7.29. The zero-order chi connectivity index (χ0) is 14.6. The first-order valence-electron chi connectivity index (χ1n) is 6.39. The van der Waals surface area contributed by atoms with Crippen LogP contribution in [-0.2, 0) is 15.0 Å². The summed E-state index contributed by atoms with van der Waals surface area (Å²) in [5, 5.41) is 2.70. The van der Waals surface area contributed by atoms with E-state index in [4.69, 9.17) is 0 Å². The van der Waals surface area contributed by atoms with Gasteiger partial charge in [-0.15, -0.1) is 11.3 Å². The summed E-state index contributed by atoms with van der Waals surface area (Å²) in [6.07, 6.45) is 5.40. The molecule has 0 bridgehead atoms. The fourth-order valence-electron chi connectivity index (χ4n) is 1.95. The van der Waals surface area contributed by atoms with Crippen molar-refractivity contribution >= 4 is 33.5 Å². The summed E-state index contributed by atoms with van der Waals surface area (Å²) in [6.45, 7) is 2.80. The Kier molecular flexibility index (Phi) is 4.90. The van der Waals surface area contributed by atoms with E-state index in [1.54, 1.807) is 5.38 Å². The number of hydrogen-bond acceptors (Lipinski definition) is 5. The van der Waals surface area contributed by atoms with E-state index < -0.39 is 16.1 Å². The second kappa shape index (κ2) is 6.47. The molecule has 1 fully saturated rings. The van der Waals surface area contributed by atoms with E-state index in [0.29, 0.717) is 18.8 Å². The van der Waals surface area contributed by atoms with Gasteiger partial charge in [-0.2, -0.15) is 12.7 Å². The molecule has 110 valence electrons. The molecule has 6 nitrogen and oxygen atoms in total. The number of carbonyl (C=O) groups excluding carboxylic acids is 1. The molecule has 0 radical (unpaired) electrons. The molecule has 0 aliphatic carbocycles. The lowest BCUT2D eigenvalue weighted by Gasteiger charge is -2.25. The Bertz CT molecular complexity index is 601. The van der Waals surface area contributed by atoms with E-state index in [1.807, 2.05) is 6.92 Å². The van der Waals surface area contributed by atoms with Gasteiger partial charge in [0.15, 0.2) is 0 Å². The smallest absolute Gasteiger partial charge is 0.269 e. The molecular weight excluding hydrogens is 298 g/mol. The van der Waals surface area contributed by atoms with Gasteiger partial charge < -0.3 is 0 Å². The van der Waals surface area contributed by atoms with Crippen molar-refractivity contribution < 1.29 is 13.2 Å². The van der Waals surface area contributed by atoms with Crippen LogP contribution in [0.4, 0.5) is 0 Å². The highest BCUT2D eigenvalue weighted by atomic mass is 32.2. The van der Waals surface area contributed by atoms with Crippen LogP contribution < -0.4 is 4.72 Å². The minimum atomic E-state index is -3.72. The average Bonchev–Trinajstić information content (AvgIpc) is 2.83. The predicted molar refractivity (Wildman–Crippen MR) is 78.4 cm³/mol. The number of aromatic nitrogens is 1. The second-order valence-electron chi connectivity index (χ2n) is 4.56. The van der Waals surface area contributed by atoms with E-state index in [0.717, 1.165) is 24.3 Å². The van der Waals surface area contributed by atoms with Gasteiger partial charge in [-0.3, -0.25) is 4.79 Å². The standard InChI is InChI=1S/C12H17N3O3S2/c1-10-13-11(9-19-10)5-6-12(16)14-20(17,18)15-7-3-2-4-8-15/h5-6,9H,2-4,7-8H2,1H3,(H,14,16). The summed E-state index contributed by atoms with van der Waals surface area (Å²) >= 11 is 1.47. The van der Waals surface area contributed by atoms with Crippen molar-refractivity contribution in [1.82, 2.24) is 14.0 Å². The number of piperidine rings is 1. The number of amides is 1. The quantitative estimate of drug-likeness (QED) is 0.850. The van der Waals surface area contributed by atoms with Gasteiger partial charge in [0, 0.05) is 24.5 Å². The summed E-state index contributed by atoms with van der Waals surface area (Å²) in [4.78, 5) is 15.8. The molecule has 0 saturated carbocycles. The van der Waals surface area contributed by atoms with E-state index in [9.17, 15) is 13.2 Å². The van der Waals surface area contributed by atoms with Crippen molar-refractivity contribution in [3.63, 3.8) is 0 Å². The minimum absolute atomic E-state index is 0.470. The molecule has 1 N–H and O–H groups in total. The zero-order valence-corrected chi connectivity index (χ0v) is 12.8. The molecule has 2 rings (SSSR count). The number of carbonyl (C=O) groups is 1. The van der Waals surface area contributed by atoms with Gasteiger partial charge in [-0.25, -0.2) is 9.71 Å². The molecule has 0 unspecified atom stereocenters. The topological polar surface area (TPSA) is 79.4 Å². The molecular formula is C12H17N3O3S2. The third-order valence-electron chi connectivity index (χ3n) is 2.93. The van der Waals surface area contributed by atoms with E-state index >= 15 is 0 Å². The third kappa shape index (κ3) is 4.12. The van der Waals surface area contributed by atoms with Crippen LogP contribution >= 0.6 is 11.3 Å². The molecule has 0 spiro atoms. The van der Waals surface area contributed by atoms with Crippen LogP contribution in [0.2, 0.25) is 0 Å². The minimum Gasteiger partial charge on any atom is -0.269 e. The van der Waals surface area contributed by atoms with Gasteiger partial charge in [0.05, 0.1) is 10.7 Å². The fourth-order valence-corrected chi connectivity index (χ4v) is 3.72. The molecule has 1 saturated heterocycles. The molecule has 0 atom stereocenters. The van der Waals surface area contributed by atoms with Crippen LogP contribution in [0.1, 0.15) is 30.0 Å². The maximum atomic E-state index is 12.0. The highest BCUT2D eigenvalue weighted by Gasteiger charge is 2.24. The first-order chi connectivity index (χ1) is 9.47. The Morgan fingerprint density at radius 1 is 1.40 bits per heavy atom.